The first-order chi connectivity index (χ1) is 10.4. The van der Waals surface area contributed by atoms with Gasteiger partial charge in [-0.05, 0) is 38.5 Å². The SMILES string of the molecule is Cc1ccc(NCC(=O)O)cc1C(=O)Nc1nc(C)c(C)s1. The Morgan fingerprint density at radius 2 is 2.00 bits per heavy atom. The molecule has 0 spiro atoms. The lowest BCUT2D eigenvalue weighted by Gasteiger charge is -2.09. The molecule has 116 valence electrons. The fraction of sp³-hybridized carbons (Fsp3) is 0.267. The zero-order chi connectivity index (χ0) is 16.3. The van der Waals surface area contributed by atoms with E-state index in [1.165, 1.54) is 11.3 Å². The molecule has 0 saturated heterocycles. The van der Waals surface area contributed by atoms with E-state index in [1.807, 2.05) is 20.8 Å². The van der Waals surface area contributed by atoms with Gasteiger partial charge in [0.15, 0.2) is 5.13 Å². The van der Waals surface area contributed by atoms with Crippen molar-refractivity contribution in [2.75, 3.05) is 17.2 Å². The number of aromatic nitrogens is 1. The Hall–Kier alpha value is -2.41. The first-order valence-electron chi connectivity index (χ1n) is 6.68. The number of hydrogen-bond acceptors (Lipinski definition) is 5. The van der Waals surface area contributed by atoms with Crippen molar-refractivity contribution in [1.82, 2.24) is 4.98 Å². The molecule has 0 saturated carbocycles. The van der Waals surface area contributed by atoms with E-state index in [9.17, 15) is 9.59 Å². The first-order valence-corrected chi connectivity index (χ1v) is 7.50. The topological polar surface area (TPSA) is 91.3 Å². The fourth-order valence-corrected chi connectivity index (χ4v) is 2.65. The Morgan fingerprint density at radius 1 is 1.27 bits per heavy atom. The second-order valence-electron chi connectivity index (χ2n) is 4.89. The van der Waals surface area contributed by atoms with Crippen LogP contribution >= 0.6 is 11.3 Å². The van der Waals surface area contributed by atoms with Crippen LogP contribution in [0.25, 0.3) is 0 Å². The third kappa shape index (κ3) is 3.82. The number of carboxylic acids is 1. The van der Waals surface area contributed by atoms with Crippen molar-refractivity contribution in [3.05, 3.63) is 39.9 Å². The van der Waals surface area contributed by atoms with E-state index in [2.05, 4.69) is 15.6 Å². The number of aryl methyl sites for hydroxylation is 3. The summed E-state index contributed by atoms with van der Waals surface area (Å²) in [6.07, 6.45) is 0. The smallest absolute Gasteiger partial charge is 0.322 e. The van der Waals surface area contributed by atoms with Crippen LogP contribution in [0.2, 0.25) is 0 Å². The molecule has 1 aromatic carbocycles. The van der Waals surface area contributed by atoms with Crippen molar-refractivity contribution in [2.24, 2.45) is 0 Å². The van der Waals surface area contributed by atoms with Crippen LogP contribution in [0.5, 0.6) is 0 Å². The number of anilines is 2. The summed E-state index contributed by atoms with van der Waals surface area (Å²) < 4.78 is 0. The van der Waals surface area contributed by atoms with Crippen LogP contribution in [0, 0.1) is 20.8 Å². The van der Waals surface area contributed by atoms with Gasteiger partial charge in [-0.25, -0.2) is 4.98 Å². The summed E-state index contributed by atoms with van der Waals surface area (Å²) in [6.45, 7) is 5.47. The highest BCUT2D eigenvalue weighted by atomic mass is 32.1. The van der Waals surface area contributed by atoms with Crippen LogP contribution in [0.4, 0.5) is 10.8 Å². The Morgan fingerprint density at radius 3 is 2.59 bits per heavy atom. The Balaban J connectivity index is 2.17. The highest BCUT2D eigenvalue weighted by Gasteiger charge is 2.13. The molecule has 2 aromatic rings. The van der Waals surface area contributed by atoms with Gasteiger partial charge in [0, 0.05) is 16.1 Å². The molecule has 0 aliphatic carbocycles. The van der Waals surface area contributed by atoms with Gasteiger partial charge in [0.2, 0.25) is 0 Å². The van der Waals surface area contributed by atoms with Crippen LogP contribution in [-0.4, -0.2) is 28.5 Å². The Labute approximate surface area is 132 Å². The molecular weight excluding hydrogens is 302 g/mol. The molecule has 0 bridgehead atoms. The van der Waals surface area contributed by atoms with Gasteiger partial charge in [-0.1, -0.05) is 6.07 Å². The molecule has 6 nitrogen and oxygen atoms in total. The molecule has 2 rings (SSSR count). The summed E-state index contributed by atoms with van der Waals surface area (Å²) in [5.41, 5.74) is 2.78. The summed E-state index contributed by atoms with van der Waals surface area (Å²) in [4.78, 5) is 28.3. The van der Waals surface area contributed by atoms with E-state index in [0.29, 0.717) is 16.4 Å². The minimum absolute atomic E-state index is 0.199. The molecule has 22 heavy (non-hydrogen) atoms. The number of nitrogens with zero attached hydrogens (tertiary/aromatic N) is 1. The number of nitrogens with one attached hydrogen (secondary N) is 2. The second kappa shape index (κ2) is 6.57. The summed E-state index contributed by atoms with van der Waals surface area (Å²) >= 11 is 1.43. The molecule has 1 aromatic heterocycles. The predicted molar refractivity (Wildman–Crippen MR) is 86.8 cm³/mol. The maximum absolute atomic E-state index is 12.4. The maximum atomic E-state index is 12.4. The molecule has 3 N–H and O–H groups in total. The number of amides is 1. The quantitative estimate of drug-likeness (QED) is 0.788. The van der Waals surface area contributed by atoms with E-state index in [-0.39, 0.29) is 12.5 Å². The Kier molecular flexibility index (Phi) is 4.77. The number of carboxylic acid groups (broad SMARTS) is 1. The minimum atomic E-state index is -0.958. The summed E-state index contributed by atoms with van der Waals surface area (Å²) in [5, 5.41) is 14.8. The zero-order valence-electron chi connectivity index (χ0n) is 12.6. The fourth-order valence-electron chi connectivity index (χ4n) is 1.84. The standard InChI is InChI=1S/C15H17N3O3S/c1-8-4-5-11(16-7-13(19)20)6-12(8)14(21)18-15-17-9(2)10(3)22-15/h4-6,16H,7H2,1-3H3,(H,19,20)(H,17,18,21). The number of rotatable bonds is 5. The first kappa shape index (κ1) is 16.0. The van der Waals surface area contributed by atoms with Crippen molar-refractivity contribution >= 4 is 34.0 Å². The molecule has 0 unspecified atom stereocenters. The van der Waals surface area contributed by atoms with Crippen molar-refractivity contribution < 1.29 is 14.7 Å². The number of thiazole rings is 1. The molecule has 0 aliphatic rings. The molecule has 0 radical (unpaired) electrons. The van der Waals surface area contributed by atoms with E-state index >= 15 is 0 Å². The minimum Gasteiger partial charge on any atom is -0.480 e. The largest absolute Gasteiger partial charge is 0.480 e. The van der Waals surface area contributed by atoms with Crippen LogP contribution < -0.4 is 10.6 Å². The van der Waals surface area contributed by atoms with Gasteiger partial charge in [-0.2, -0.15) is 0 Å². The number of aliphatic carboxylic acids is 1. The average molecular weight is 319 g/mol. The molecule has 0 aliphatic heterocycles. The van der Waals surface area contributed by atoms with Crippen molar-refractivity contribution in [3.63, 3.8) is 0 Å². The normalized spacial score (nSPS) is 10.3. The van der Waals surface area contributed by atoms with Gasteiger partial charge in [-0.15, -0.1) is 11.3 Å². The van der Waals surface area contributed by atoms with Crippen LogP contribution in [0.3, 0.4) is 0 Å². The number of hydrogen-bond donors (Lipinski definition) is 3. The average Bonchev–Trinajstić information content (AvgIpc) is 2.76. The molecule has 0 fully saturated rings. The van der Waals surface area contributed by atoms with Crippen molar-refractivity contribution in [3.8, 4) is 0 Å². The van der Waals surface area contributed by atoms with E-state index < -0.39 is 5.97 Å². The molecular formula is C15H17N3O3S. The molecule has 1 heterocycles. The third-order valence-electron chi connectivity index (χ3n) is 3.17. The second-order valence-corrected chi connectivity index (χ2v) is 6.09. The van der Waals surface area contributed by atoms with Crippen LogP contribution in [0.15, 0.2) is 18.2 Å². The number of carbonyl (C=O) groups excluding carboxylic acids is 1. The summed E-state index contributed by atoms with van der Waals surface area (Å²) in [7, 11) is 0. The maximum Gasteiger partial charge on any atom is 0.322 e. The summed E-state index contributed by atoms with van der Waals surface area (Å²) in [6, 6.07) is 5.16. The van der Waals surface area contributed by atoms with Crippen LogP contribution in [-0.2, 0) is 4.79 Å². The van der Waals surface area contributed by atoms with Gasteiger partial charge >= 0.3 is 5.97 Å². The number of carbonyl (C=O) groups is 2. The lowest BCUT2D eigenvalue weighted by atomic mass is 10.1. The lowest BCUT2D eigenvalue weighted by Crippen LogP contribution is -2.15. The highest BCUT2D eigenvalue weighted by molar-refractivity contribution is 7.15. The molecule has 0 atom stereocenters. The van der Waals surface area contributed by atoms with Gasteiger partial charge in [0.25, 0.3) is 5.91 Å². The van der Waals surface area contributed by atoms with E-state index in [4.69, 9.17) is 5.11 Å². The third-order valence-corrected chi connectivity index (χ3v) is 4.16. The predicted octanol–water partition coefficient (Wildman–Crippen LogP) is 2.82. The van der Waals surface area contributed by atoms with E-state index in [1.54, 1.807) is 18.2 Å². The Bertz CT molecular complexity index is 705. The van der Waals surface area contributed by atoms with Gasteiger partial charge in [0.05, 0.1) is 5.69 Å². The molecule has 7 heteroatoms. The lowest BCUT2D eigenvalue weighted by molar-refractivity contribution is -0.134. The summed E-state index contributed by atoms with van der Waals surface area (Å²) in [5.74, 6) is -1.22. The van der Waals surface area contributed by atoms with Gasteiger partial charge in [0.1, 0.15) is 6.54 Å². The zero-order valence-corrected chi connectivity index (χ0v) is 13.4. The number of benzene rings is 1. The van der Waals surface area contributed by atoms with Gasteiger partial charge < -0.3 is 10.4 Å². The van der Waals surface area contributed by atoms with E-state index in [0.717, 1.165) is 16.1 Å². The molecule has 1 amide bonds. The monoisotopic (exact) mass is 319 g/mol. The van der Waals surface area contributed by atoms with Crippen molar-refractivity contribution in [1.29, 1.82) is 0 Å². The highest BCUT2D eigenvalue weighted by Crippen LogP contribution is 2.23. The van der Waals surface area contributed by atoms with Crippen LogP contribution in [0.1, 0.15) is 26.5 Å². The van der Waals surface area contributed by atoms with Crippen molar-refractivity contribution in [2.45, 2.75) is 20.8 Å². The van der Waals surface area contributed by atoms with Gasteiger partial charge in [-0.3, -0.25) is 14.9 Å².